The lowest BCUT2D eigenvalue weighted by Crippen LogP contribution is -2.31. The Morgan fingerprint density at radius 2 is 2.00 bits per heavy atom. The van der Waals surface area contributed by atoms with Crippen molar-refractivity contribution >= 4 is 0 Å². The fraction of sp³-hybridized carbons (Fsp3) is 0.571. The predicted molar refractivity (Wildman–Crippen MR) is 70.9 cm³/mol. The quantitative estimate of drug-likeness (QED) is 0.820. The fourth-order valence-electron chi connectivity index (χ4n) is 1.92. The van der Waals surface area contributed by atoms with Gasteiger partial charge < -0.3 is 10.2 Å². The summed E-state index contributed by atoms with van der Waals surface area (Å²) >= 11 is 0. The number of likely N-dealkylation sites (N-methyl/N-ethyl adjacent to an activating group) is 2. The zero-order chi connectivity index (χ0) is 12.1. The molecule has 1 aromatic carbocycles. The maximum atomic E-state index is 3.41. The topological polar surface area (TPSA) is 15.3 Å². The van der Waals surface area contributed by atoms with Crippen LogP contribution in [0.5, 0.6) is 0 Å². The standard InChI is InChI=1S/C14H24N2/c1-6-16(5)10-14(15-4)13-9-11(2)7-8-12(13)3/h7-9,14-15H,6,10H2,1-5H3. The first kappa shape index (κ1) is 13.2. The number of aryl methyl sites for hydroxylation is 2. The van der Waals surface area contributed by atoms with E-state index in [1.807, 2.05) is 7.05 Å². The van der Waals surface area contributed by atoms with Crippen LogP contribution in [-0.4, -0.2) is 32.1 Å². The van der Waals surface area contributed by atoms with Crippen LogP contribution in [0.25, 0.3) is 0 Å². The second-order valence-electron chi connectivity index (χ2n) is 4.56. The third-order valence-corrected chi connectivity index (χ3v) is 3.19. The van der Waals surface area contributed by atoms with Crippen LogP contribution in [-0.2, 0) is 0 Å². The second kappa shape index (κ2) is 6.02. The molecule has 0 bridgehead atoms. The molecule has 0 radical (unpaired) electrons. The molecular weight excluding hydrogens is 196 g/mol. The molecule has 0 spiro atoms. The number of nitrogens with one attached hydrogen (secondary N) is 1. The van der Waals surface area contributed by atoms with E-state index in [0.717, 1.165) is 13.1 Å². The van der Waals surface area contributed by atoms with Crippen LogP contribution in [0.15, 0.2) is 18.2 Å². The van der Waals surface area contributed by atoms with Crippen molar-refractivity contribution in [2.45, 2.75) is 26.8 Å². The summed E-state index contributed by atoms with van der Waals surface area (Å²) in [4.78, 5) is 2.34. The number of hydrogen-bond acceptors (Lipinski definition) is 2. The van der Waals surface area contributed by atoms with Crippen LogP contribution in [0.1, 0.15) is 29.7 Å². The van der Waals surface area contributed by atoms with Crippen LogP contribution in [0, 0.1) is 13.8 Å². The summed E-state index contributed by atoms with van der Waals surface area (Å²) in [5, 5.41) is 3.41. The van der Waals surface area contributed by atoms with Crippen molar-refractivity contribution in [3.63, 3.8) is 0 Å². The van der Waals surface area contributed by atoms with Crippen molar-refractivity contribution in [2.75, 3.05) is 27.2 Å². The number of rotatable bonds is 5. The molecule has 1 atom stereocenters. The zero-order valence-corrected chi connectivity index (χ0v) is 11.2. The van der Waals surface area contributed by atoms with Crippen LogP contribution >= 0.6 is 0 Å². The van der Waals surface area contributed by atoms with E-state index in [1.165, 1.54) is 16.7 Å². The Morgan fingerprint density at radius 3 is 2.56 bits per heavy atom. The molecule has 0 aliphatic heterocycles. The molecule has 0 saturated carbocycles. The van der Waals surface area contributed by atoms with Gasteiger partial charge in [0.1, 0.15) is 0 Å². The van der Waals surface area contributed by atoms with Gasteiger partial charge in [0.25, 0.3) is 0 Å². The highest BCUT2D eigenvalue weighted by atomic mass is 15.1. The molecular formula is C14H24N2. The van der Waals surface area contributed by atoms with E-state index in [9.17, 15) is 0 Å². The summed E-state index contributed by atoms with van der Waals surface area (Å²) in [7, 11) is 4.20. The van der Waals surface area contributed by atoms with Crippen molar-refractivity contribution in [1.29, 1.82) is 0 Å². The van der Waals surface area contributed by atoms with E-state index in [4.69, 9.17) is 0 Å². The maximum absolute atomic E-state index is 3.41. The Labute approximate surface area is 99.7 Å². The first-order chi connectivity index (χ1) is 7.58. The molecule has 1 N–H and O–H groups in total. The molecule has 0 aliphatic carbocycles. The zero-order valence-electron chi connectivity index (χ0n) is 11.2. The molecule has 2 heteroatoms. The van der Waals surface area contributed by atoms with Gasteiger partial charge in [0, 0.05) is 12.6 Å². The van der Waals surface area contributed by atoms with Crippen LogP contribution in [0.3, 0.4) is 0 Å². The lowest BCUT2D eigenvalue weighted by molar-refractivity contribution is 0.310. The average molecular weight is 220 g/mol. The van der Waals surface area contributed by atoms with Gasteiger partial charge in [-0.2, -0.15) is 0 Å². The van der Waals surface area contributed by atoms with Crippen LogP contribution < -0.4 is 5.32 Å². The van der Waals surface area contributed by atoms with Gasteiger partial charge in [-0.3, -0.25) is 0 Å². The highest BCUT2D eigenvalue weighted by molar-refractivity contribution is 5.33. The van der Waals surface area contributed by atoms with Gasteiger partial charge in [0.2, 0.25) is 0 Å². The first-order valence-corrected chi connectivity index (χ1v) is 6.01. The molecule has 90 valence electrons. The van der Waals surface area contributed by atoms with Gasteiger partial charge in [0.05, 0.1) is 0 Å². The van der Waals surface area contributed by atoms with Gasteiger partial charge >= 0.3 is 0 Å². The molecule has 0 aromatic heterocycles. The summed E-state index contributed by atoms with van der Waals surface area (Å²) in [5.41, 5.74) is 4.12. The van der Waals surface area contributed by atoms with Gasteiger partial charge in [-0.05, 0) is 45.6 Å². The maximum Gasteiger partial charge on any atom is 0.0449 e. The third kappa shape index (κ3) is 3.32. The summed E-state index contributed by atoms with van der Waals surface area (Å²) in [5.74, 6) is 0. The monoisotopic (exact) mass is 220 g/mol. The van der Waals surface area contributed by atoms with Gasteiger partial charge in [-0.1, -0.05) is 30.7 Å². The smallest absolute Gasteiger partial charge is 0.0449 e. The van der Waals surface area contributed by atoms with Gasteiger partial charge in [-0.25, -0.2) is 0 Å². The highest BCUT2D eigenvalue weighted by Crippen LogP contribution is 2.19. The molecule has 1 unspecified atom stereocenters. The largest absolute Gasteiger partial charge is 0.312 e. The second-order valence-corrected chi connectivity index (χ2v) is 4.56. The first-order valence-electron chi connectivity index (χ1n) is 6.01. The molecule has 1 rings (SSSR count). The van der Waals surface area contributed by atoms with E-state index >= 15 is 0 Å². The molecule has 16 heavy (non-hydrogen) atoms. The highest BCUT2D eigenvalue weighted by Gasteiger charge is 2.13. The van der Waals surface area contributed by atoms with Crippen molar-refractivity contribution in [3.8, 4) is 0 Å². The van der Waals surface area contributed by atoms with Crippen LogP contribution in [0.2, 0.25) is 0 Å². The molecule has 0 heterocycles. The Hall–Kier alpha value is -0.860. The summed E-state index contributed by atoms with van der Waals surface area (Å²) in [6.45, 7) is 8.67. The molecule has 0 amide bonds. The number of benzene rings is 1. The minimum absolute atomic E-state index is 0.421. The van der Waals surface area contributed by atoms with Crippen molar-refractivity contribution < 1.29 is 0 Å². The van der Waals surface area contributed by atoms with E-state index in [0.29, 0.717) is 6.04 Å². The SMILES string of the molecule is CCN(C)CC(NC)c1cc(C)ccc1C. The lowest BCUT2D eigenvalue weighted by atomic mass is 9.98. The summed E-state index contributed by atoms with van der Waals surface area (Å²) in [6.07, 6.45) is 0. The molecule has 1 aromatic rings. The minimum Gasteiger partial charge on any atom is -0.312 e. The van der Waals surface area contributed by atoms with Gasteiger partial charge in [-0.15, -0.1) is 0 Å². The normalized spacial score (nSPS) is 13.1. The fourth-order valence-corrected chi connectivity index (χ4v) is 1.92. The van der Waals surface area contributed by atoms with Gasteiger partial charge in [0.15, 0.2) is 0 Å². The van der Waals surface area contributed by atoms with Crippen molar-refractivity contribution in [2.24, 2.45) is 0 Å². The van der Waals surface area contributed by atoms with E-state index < -0.39 is 0 Å². The molecule has 2 nitrogen and oxygen atoms in total. The Bertz CT molecular complexity index is 334. The predicted octanol–water partition coefficient (Wildman–Crippen LogP) is 2.52. The van der Waals surface area contributed by atoms with E-state index in [-0.39, 0.29) is 0 Å². The number of nitrogens with zero attached hydrogens (tertiary/aromatic N) is 1. The Morgan fingerprint density at radius 1 is 1.31 bits per heavy atom. The Balaban J connectivity index is 2.89. The lowest BCUT2D eigenvalue weighted by Gasteiger charge is -2.24. The van der Waals surface area contributed by atoms with E-state index in [2.05, 4.69) is 56.2 Å². The molecule has 0 fully saturated rings. The Kier molecular flexibility index (Phi) is 4.97. The minimum atomic E-state index is 0.421. The average Bonchev–Trinajstić information content (AvgIpc) is 2.29. The van der Waals surface area contributed by atoms with E-state index in [1.54, 1.807) is 0 Å². The van der Waals surface area contributed by atoms with Crippen molar-refractivity contribution in [1.82, 2.24) is 10.2 Å². The molecule has 0 saturated heterocycles. The number of hydrogen-bond donors (Lipinski definition) is 1. The summed E-state index contributed by atoms with van der Waals surface area (Å²) < 4.78 is 0. The summed E-state index contributed by atoms with van der Waals surface area (Å²) in [6, 6.07) is 7.10. The van der Waals surface area contributed by atoms with Crippen molar-refractivity contribution in [3.05, 3.63) is 34.9 Å². The third-order valence-electron chi connectivity index (χ3n) is 3.19. The molecule has 0 aliphatic rings. The van der Waals surface area contributed by atoms with Crippen LogP contribution in [0.4, 0.5) is 0 Å².